The highest BCUT2D eigenvalue weighted by Gasteiger charge is 2.24. The number of rotatable bonds is 4. The summed E-state index contributed by atoms with van der Waals surface area (Å²) in [5, 5.41) is 4.76. The van der Waals surface area contributed by atoms with Crippen molar-refractivity contribution in [1.82, 2.24) is 19.3 Å². The number of fused-ring (bicyclic) bond motifs is 2. The van der Waals surface area contributed by atoms with E-state index in [0.29, 0.717) is 17.6 Å². The molecule has 0 radical (unpaired) electrons. The molecule has 2 aromatic carbocycles. The lowest BCUT2D eigenvalue weighted by Crippen LogP contribution is -2.31. The largest absolute Gasteiger partial charge is 0.312 e. The molecule has 0 atom stereocenters. The molecule has 1 aliphatic heterocycles. The molecule has 144 valence electrons. The highest BCUT2D eigenvalue weighted by atomic mass is 16.2. The molecule has 29 heavy (non-hydrogen) atoms. The Labute approximate surface area is 166 Å². The maximum atomic E-state index is 12.9. The van der Waals surface area contributed by atoms with Crippen LogP contribution in [0.5, 0.6) is 0 Å². The molecule has 0 saturated heterocycles. The maximum Gasteiger partial charge on any atom is 0.264 e. The van der Waals surface area contributed by atoms with Crippen LogP contribution in [0, 0.1) is 0 Å². The standard InChI is InChI=1S/C22H19N5O2/c28-20(26-13-10-16-6-4-5-9-19(16)26)11-12-25-15-23-21-18(22(25)29)14-24-27(21)17-7-2-1-3-8-17/h1-9,14-15H,10-13H2. The summed E-state index contributed by atoms with van der Waals surface area (Å²) in [5.41, 5.74) is 3.33. The molecule has 7 heteroatoms. The van der Waals surface area contributed by atoms with E-state index in [2.05, 4.69) is 16.1 Å². The zero-order valence-corrected chi connectivity index (χ0v) is 15.7. The summed E-state index contributed by atoms with van der Waals surface area (Å²) in [6.45, 7) is 0.976. The Bertz CT molecular complexity index is 1260. The van der Waals surface area contributed by atoms with E-state index in [9.17, 15) is 9.59 Å². The average molecular weight is 385 g/mol. The predicted octanol–water partition coefficient (Wildman–Crippen LogP) is 2.56. The minimum atomic E-state index is -0.188. The van der Waals surface area contributed by atoms with Gasteiger partial charge in [-0.2, -0.15) is 5.10 Å². The first-order chi connectivity index (χ1) is 14.2. The van der Waals surface area contributed by atoms with Crippen molar-refractivity contribution in [2.24, 2.45) is 0 Å². The molecule has 1 aliphatic rings. The Kier molecular flexibility index (Phi) is 4.20. The third-order valence-corrected chi connectivity index (χ3v) is 5.31. The van der Waals surface area contributed by atoms with Gasteiger partial charge in [0, 0.05) is 25.2 Å². The molecular formula is C22H19N5O2. The maximum absolute atomic E-state index is 12.9. The first kappa shape index (κ1) is 17.4. The Morgan fingerprint density at radius 3 is 2.69 bits per heavy atom. The van der Waals surface area contributed by atoms with Crippen LogP contribution in [0.2, 0.25) is 0 Å². The van der Waals surface area contributed by atoms with Crippen molar-refractivity contribution in [1.29, 1.82) is 0 Å². The van der Waals surface area contributed by atoms with Crippen LogP contribution in [0.4, 0.5) is 5.69 Å². The van der Waals surface area contributed by atoms with Gasteiger partial charge in [-0.3, -0.25) is 14.2 Å². The third-order valence-electron chi connectivity index (χ3n) is 5.31. The van der Waals surface area contributed by atoms with Crippen LogP contribution in [0.15, 0.2) is 71.9 Å². The second-order valence-electron chi connectivity index (χ2n) is 7.05. The third kappa shape index (κ3) is 3.00. The highest BCUT2D eigenvalue weighted by Crippen LogP contribution is 2.27. The first-order valence-corrected chi connectivity index (χ1v) is 9.59. The summed E-state index contributed by atoms with van der Waals surface area (Å²) in [5.74, 6) is 0.0157. The first-order valence-electron chi connectivity index (χ1n) is 9.59. The quantitative estimate of drug-likeness (QED) is 0.541. The van der Waals surface area contributed by atoms with Gasteiger partial charge in [0.15, 0.2) is 5.65 Å². The SMILES string of the molecule is O=C(CCn1cnc2c(cnn2-c2ccccc2)c1=O)N1CCc2ccccc21. The number of benzene rings is 2. The van der Waals surface area contributed by atoms with Crippen molar-refractivity contribution >= 4 is 22.6 Å². The molecule has 0 bridgehead atoms. The molecule has 2 aromatic heterocycles. The number of para-hydroxylation sites is 2. The number of hydrogen-bond donors (Lipinski definition) is 0. The highest BCUT2D eigenvalue weighted by molar-refractivity contribution is 5.95. The van der Waals surface area contributed by atoms with E-state index in [1.54, 1.807) is 9.58 Å². The van der Waals surface area contributed by atoms with E-state index in [1.165, 1.54) is 22.7 Å². The molecule has 4 aromatic rings. The summed E-state index contributed by atoms with van der Waals surface area (Å²) in [6, 6.07) is 17.5. The topological polar surface area (TPSA) is 73.0 Å². The Hall–Kier alpha value is -3.74. The molecule has 0 fully saturated rings. The van der Waals surface area contributed by atoms with Crippen molar-refractivity contribution in [3.63, 3.8) is 0 Å². The second-order valence-corrected chi connectivity index (χ2v) is 7.05. The van der Waals surface area contributed by atoms with Crippen LogP contribution in [0.1, 0.15) is 12.0 Å². The van der Waals surface area contributed by atoms with Crippen LogP contribution < -0.4 is 10.5 Å². The summed E-state index contributed by atoms with van der Waals surface area (Å²) < 4.78 is 3.13. The minimum absolute atomic E-state index is 0.0157. The summed E-state index contributed by atoms with van der Waals surface area (Å²) >= 11 is 0. The van der Waals surface area contributed by atoms with Crippen molar-refractivity contribution < 1.29 is 4.79 Å². The van der Waals surface area contributed by atoms with Crippen LogP contribution in [-0.2, 0) is 17.8 Å². The van der Waals surface area contributed by atoms with Gasteiger partial charge in [-0.05, 0) is 30.2 Å². The number of carbonyl (C=O) groups excluding carboxylic acids is 1. The lowest BCUT2D eigenvalue weighted by atomic mass is 10.2. The number of carbonyl (C=O) groups is 1. The molecule has 1 amide bonds. The molecule has 0 N–H and O–H groups in total. The number of aryl methyl sites for hydroxylation is 1. The number of hydrogen-bond acceptors (Lipinski definition) is 4. The van der Waals surface area contributed by atoms with E-state index in [0.717, 1.165) is 17.8 Å². The van der Waals surface area contributed by atoms with Gasteiger partial charge in [0.25, 0.3) is 5.56 Å². The second kappa shape index (κ2) is 7.01. The molecule has 0 aliphatic carbocycles. The normalized spacial score (nSPS) is 13.0. The average Bonchev–Trinajstić information content (AvgIpc) is 3.38. The fourth-order valence-corrected chi connectivity index (χ4v) is 3.81. The number of anilines is 1. The van der Waals surface area contributed by atoms with Crippen LogP contribution >= 0.6 is 0 Å². The lowest BCUT2D eigenvalue weighted by molar-refractivity contribution is -0.118. The van der Waals surface area contributed by atoms with Crippen LogP contribution in [-0.4, -0.2) is 31.8 Å². The Morgan fingerprint density at radius 2 is 1.83 bits per heavy atom. The van der Waals surface area contributed by atoms with E-state index < -0.39 is 0 Å². The monoisotopic (exact) mass is 385 g/mol. The molecule has 0 unspecified atom stereocenters. The fraction of sp³-hybridized carbons (Fsp3) is 0.182. The molecule has 5 rings (SSSR count). The summed E-state index contributed by atoms with van der Waals surface area (Å²) in [6.07, 6.45) is 4.14. The fourth-order valence-electron chi connectivity index (χ4n) is 3.81. The van der Waals surface area contributed by atoms with E-state index in [4.69, 9.17) is 0 Å². The molecule has 7 nitrogen and oxygen atoms in total. The molecular weight excluding hydrogens is 366 g/mol. The van der Waals surface area contributed by atoms with E-state index >= 15 is 0 Å². The van der Waals surface area contributed by atoms with Gasteiger partial charge < -0.3 is 4.90 Å². The zero-order chi connectivity index (χ0) is 19.8. The van der Waals surface area contributed by atoms with Crippen molar-refractivity contribution in [3.05, 3.63) is 83.0 Å². The smallest absolute Gasteiger partial charge is 0.264 e. The van der Waals surface area contributed by atoms with E-state index in [1.807, 2.05) is 48.5 Å². The van der Waals surface area contributed by atoms with Crippen LogP contribution in [0.25, 0.3) is 16.7 Å². The number of aromatic nitrogens is 4. The molecule has 0 saturated carbocycles. The lowest BCUT2D eigenvalue weighted by Gasteiger charge is -2.17. The van der Waals surface area contributed by atoms with Crippen molar-refractivity contribution in [2.45, 2.75) is 19.4 Å². The van der Waals surface area contributed by atoms with Gasteiger partial charge in [-0.25, -0.2) is 9.67 Å². The summed E-state index contributed by atoms with van der Waals surface area (Å²) in [7, 11) is 0. The Balaban J connectivity index is 1.37. The molecule has 0 spiro atoms. The number of nitrogens with zero attached hydrogens (tertiary/aromatic N) is 5. The van der Waals surface area contributed by atoms with E-state index in [-0.39, 0.29) is 24.4 Å². The predicted molar refractivity (Wildman–Crippen MR) is 110 cm³/mol. The summed E-state index contributed by atoms with van der Waals surface area (Å²) in [4.78, 5) is 31.8. The molecule has 3 heterocycles. The van der Waals surface area contributed by atoms with Gasteiger partial charge in [-0.15, -0.1) is 0 Å². The van der Waals surface area contributed by atoms with Crippen LogP contribution in [0.3, 0.4) is 0 Å². The van der Waals surface area contributed by atoms with Gasteiger partial charge in [0.2, 0.25) is 5.91 Å². The van der Waals surface area contributed by atoms with Gasteiger partial charge in [0.05, 0.1) is 18.2 Å². The minimum Gasteiger partial charge on any atom is -0.312 e. The Morgan fingerprint density at radius 1 is 1.03 bits per heavy atom. The van der Waals surface area contributed by atoms with Crippen molar-refractivity contribution in [3.8, 4) is 5.69 Å². The zero-order valence-electron chi connectivity index (χ0n) is 15.7. The van der Waals surface area contributed by atoms with Gasteiger partial charge in [-0.1, -0.05) is 36.4 Å². The van der Waals surface area contributed by atoms with Gasteiger partial charge >= 0.3 is 0 Å². The van der Waals surface area contributed by atoms with Gasteiger partial charge in [0.1, 0.15) is 5.39 Å². The number of amides is 1. The van der Waals surface area contributed by atoms with Crippen molar-refractivity contribution in [2.75, 3.05) is 11.4 Å².